The van der Waals surface area contributed by atoms with Crippen molar-refractivity contribution in [3.63, 3.8) is 0 Å². The van der Waals surface area contributed by atoms with Gasteiger partial charge >= 0.3 is 0 Å². The molecular weight excluding hydrogens is 72.1 g/mol. The molecule has 1 fully saturated rings. The number of hydrogen-bond acceptors (Lipinski definition) is 3. The molecule has 0 saturated carbocycles. The molecule has 1 saturated heterocycles. The first-order valence-electron chi connectivity index (χ1n) is 1.09. The van der Waals surface area contributed by atoms with Gasteiger partial charge < -0.3 is 0 Å². The Balaban J connectivity index is 2.17. The first-order chi connectivity index (χ1) is 1.89. The van der Waals surface area contributed by atoms with Gasteiger partial charge in [-0.3, -0.25) is 0 Å². The van der Waals surface area contributed by atoms with Crippen molar-refractivity contribution in [2.75, 3.05) is 6.67 Å². The van der Waals surface area contributed by atoms with Crippen LogP contribution in [0.4, 0.5) is 0 Å². The molecule has 0 aliphatic carbocycles. The zero-order valence-electron chi connectivity index (χ0n) is 2.10. The summed E-state index contributed by atoms with van der Waals surface area (Å²) in [6.07, 6.45) is 0. The maximum Gasteiger partial charge on any atom is 0.0874 e. The number of hydrogen-bond donors (Lipinski definition) is 2. The third-order valence-corrected chi connectivity index (χ3v) is 0.582. The minimum Gasteiger partial charge on any atom is -0.228 e. The number of nitrogens with zero attached hydrogens (tertiary/aromatic N) is 1. The summed E-state index contributed by atoms with van der Waals surface area (Å²) in [5.74, 6) is 0. The summed E-state index contributed by atoms with van der Waals surface area (Å²) in [7, 11) is 0. The topological polar surface area (TPSA) is 25.0 Å². The number of hydrazine groups is 1. The van der Waals surface area contributed by atoms with E-state index >= 15 is 0 Å². The van der Waals surface area contributed by atoms with Crippen molar-refractivity contribution in [3.05, 3.63) is 0 Å². The van der Waals surface area contributed by atoms with Crippen molar-refractivity contribution in [2.45, 2.75) is 0 Å². The minimum atomic E-state index is 0.934. The average Bonchev–Trinajstić information content (AvgIpc) is 1.75. The molecule has 4 heavy (non-hydrogen) atoms. The average molecular weight is 76.1 g/mol. The summed E-state index contributed by atoms with van der Waals surface area (Å²) in [5, 5.41) is 0. The molecule has 0 aromatic carbocycles. The predicted octanol–water partition coefficient (Wildman–Crippen LogP) is -0.391. The van der Waals surface area contributed by atoms with Crippen LogP contribution in [0.1, 0.15) is 0 Å². The fraction of sp³-hybridized carbons (Fsp3) is 1.00. The van der Waals surface area contributed by atoms with Crippen LogP contribution in [-0.2, 0) is 0 Å². The van der Waals surface area contributed by atoms with Crippen LogP contribution in [0.25, 0.3) is 0 Å². The quantitative estimate of drug-likeness (QED) is 0.303. The molecule has 0 spiro atoms. The van der Waals surface area contributed by atoms with Gasteiger partial charge in [-0.05, 0) is 0 Å². The summed E-state index contributed by atoms with van der Waals surface area (Å²) < 4.78 is 1.69. The van der Waals surface area contributed by atoms with Crippen LogP contribution in [-0.4, -0.2) is 11.1 Å². The van der Waals surface area contributed by atoms with Crippen LogP contribution in [0.5, 0.6) is 0 Å². The highest BCUT2D eigenvalue weighted by molar-refractivity contribution is 7.77. The van der Waals surface area contributed by atoms with E-state index < -0.39 is 0 Å². The first-order valence-corrected chi connectivity index (χ1v) is 1.49. The van der Waals surface area contributed by atoms with Crippen LogP contribution >= 0.6 is 12.8 Å². The largest absolute Gasteiger partial charge is 0.228 e. The number of nitrogens with one attached hydrogen (secondary N) is 1. The van der Waals surface area contributed by atoms with Gasteiger partial charge in [0.1, 0.15) is 0 Å². The third kappa shape index (κ3) is 0.342. The number of thiol groups is 1. The molecule has 1 N–H and O–H groups in total. The van der Waals surface area contributed by atoms with E-state index in [1.807, 2.05) is 0 Å². The molecule has 24 valence electrons. The first kappa shape index (κ1) is 2.50. The molecule has 1 atom stereocenters. The Bertz CT molecular complexity index is 25.2. The zero-order chi connectivity index (χ0) is 2.99. The summed E-state index contributed by atoms with van der Waals surface area (Å²) in [4.78, 5) is 0. The van der Waals surface area contributed by atoms with Crippen LogP contribution < -0.4 is 5.43 Å². The van der Waals surface area contributed by atoms with E-state index in [-0.39, 0.29) is 0 Å². The van der Waals surface area contributed by atoms with Gasteiger partial charge in [-0.1, -0.05) is 12.8 Å². The summed E-state index contributed by atoms with van der Waals surface area (Å²) in [5.41, 5.74) is 2.79. The predicted molar refractivity (Wildman–Crippen MR) is 18.8 cm³/mol. The normalized spacial score (nSPS) is 39.8. The van der Waals surface area contributed by atoms with Crippen molar-refractivity contribution < 1.29 is 0 Å². The summed E-state index contributed by atoms with van der Waals surface area (Å²) >= 11 is 3.80. The van der Waals surface area contributed by atoms with Gasteiger partial charge in [-0.15, -0.1) is 0 Å². The zero-order valence-corrected chi connectivity index (χ0v) is 3.00. The Labute approximate surface area is 30.3 Å². The molecule has 1 heterocycles. The van der Waals surface area contributed by atoms with Crippen molar-refractivity contribution in [3.8, 4) is 0 Å². The van der Waals surface area contributed by atoms with Gasteiger partial charge in [-0.2, -0.15) is 4.41 Å². The molecule has 0 bridgehead atoms. The van der Waals surface area contributed by atoms with Crippen LogP contribution in [0.2, 0.25) is 0 Å². The van der Waals surface area contributed by atoms with Gasteiger partial charge in [0.2, 0.25) is 0 Å². The summed E-state index contributed by atoms with van der Waals surface area (Å²) in [6, 6.07) is 0. The van der Waals surface area contributed by atoms with Gasteiger partial charge in [0, 0.05) is 0 Å². The highest BCUT2D eigenvalue weighted by Crippen LogP contribution is 1.93. The molecule has 1 rings (SSSR count). The Morgan fingerprint density at radius 2 is 2.25 bits per heavy atom. The van der Waals surface area contributed by atoms with Gasteiger partial charge in [0.15, 0.2) is 0 Å². The smallest absolute Gasteiger partial charge is 0.0874 e. The lowest BCUT2D eigenvalue weighted by Crippen LogP contribution is -1.72. The molecule has 0 radical (unpaired) electrons. The van der Waals surface area contributed by atoms with E-state index in [9.17, 15) is 0 Å². The van der Waals surface area contributed by atoms with Gasteiger partial charge in [-0.25, -0.2) is 5.43 Å². The monoisotopic (exact) mass is 76.0 g/mol. The fourth-order valence-corrected chi connectivity index (χ4v) is 0.0949. The highest BCUT2D eigenvalue weighted by atomic mass is 32.1. The van der Waals surface area contributed by atoms with E-state index in [1.54, 1.807) is 4.41 Å². The minimum absolute atomic E-state index is 0.934. The lowest BCUT2D eigenvalue weighted by molar-refractivity contribution is 0.873. The molecular formula is CH4N2S. The maximum absolute atomic E-state index is 3.80. The standard InChI is InChI=1S/CH4N2S/c4-3-1-2-3/h2,4H,1H2. The second-order valence-electron chi connectivity index (χ2n) is 0.716. The van der Waals surface area contributed by atoms with Crippen LogP contribution in [0.3, 0.4) is 0 Å². The lowest BCUT2D eigenvalue weighted by Gasteiger charge is -1.62. The number of rotatable bonds is 0. The molecule has 1 unspecified atom stereocenters. The second kappa shape index (κ2) is 0.607. The fourth-order valence-electron chi connectivity index (χ4n) is 0.0316. The molecule has 0 aromatic rings. The van der Waals surface area contributed by atoms with E-state index in [1.165, 1.54) is 0 Å². The SMILES string of the molecule is SN1CN1. The van der Waals surface area contributed by atoms with Crippen molar-refractivity contribution >= 4 is 12.8 Å². The van der Waals surface area contributed by atoms with Gasteiger partial charge in [0.05, 0.1) is 6.67 Å². The summed E-state index contributed by atoms with van der Waals surface area (Å²) in [6.45, 7) is 0.934. The third-order valence-electron chi connectivity index (χ3n) is 0.300. The van der Waals surface area contributed by atoms with Crippen LogP contribution in [0, 0.1) is 0 Å². The van der Waals surface area contributed by atoms with Crippen LogP contribution in [0.15, 0.2) is 0 Å². The Morgan fingerprint density at radius 3 is 2.25 bits per heavy atom. The molecule has 3 heteroatoms. The van der Waals surface area contributed by atoms with E-state index in [4.69, 9.17) is 0 Å². The highest BCUT2D eigenvalue weighted by Gasteiger charge is 2.07. The lowest BCUT2D eigenvalue weighted by atomic mass is 11.4. The molecule has 2 nitrogen and oxygen atoms in total. The van der Waals surface area contributed by atoms with E-state index in [2.05, 4.69) is 18.2 Å². The van der Waals surface area contributed by atoms with E-state index in [0.29, 0.717) is 0 Å². The maximum atomic E-state index is 3.80. The second-order valence-corrected chi connectivity index (χ2v) is 1.20. The van der Waals surface area contributed by atoms with E-state index in [0.717, 1.165) is 6.67 Å². The Morgan fingerprint density at radius 1 is 2.00 bits per heavy atom. The Kier molecular flexibility index (Phi) is 0.380. The Hall–Kier alpha value is 0.270. The molecule has 0 amide bonds. The van der Waals surface area contributed by atoms with Crippen molar-refractivity contribution in [1.82, 2.24) is 9.84 Å². The molecule has 0 aromatic heterocycles. The van der Waals surface area contributed by atoms with Gasteiger partial charge in [0.25, 0.3) is 0 Å². The van der Waals surface area contributed by atoms with Crippen molar-refractivity contribution in [2.24, 2.45) is 0 Å². The molecule has 1 aliphatic rings. The molecule has 1 aliphatic heterocycles. The van der Waals surface area contributed by atoms with Crippen molar-refractivity contribution in [1.29, 1.82) is 0 Å².